The third-order valence-electron chi connectivity index (χ3n) is 1.50. The second-order valence-electron chi connectivity index (χ2n) is 2.87. The van der Waals surface area contributed by atoms with Crippen LogP contribution < -0.4 is 0 Å². The summed E-state index contributed by atoms with van der Waals surface area (Å²) in [6, 6.07) is 0. The summed E-state index contributed by atoms with van der Waals surface area (Å²) in [7, 11) is 1.15. The second kappa shape index (κ2) is 6.00. The zero-order valence-electron chi connectivity index (χ0n) is 9.10. The fraction of sp³-hybridized carbons (Fsp3) is 0.667. The fourth-order valence-corrected chi connectivity index (χ4v) is 0.954. The summed E-state index contributed by atoms with van der Waals surface area (Å²) < 4.78 is 13.8. The summed E-state index contributed by atoms with van der Waals surface area (Å²) in [6.07, 6.45) is -2.10. The third-order valence-corrected chi connectivity index (χ3v) is 1.50. The molecule has 0 bridgehead atoms. The van der Waals surface area contributed by atoms with Crippen molar-refractivity contribution in [1.29, 1.82) is 0 Å². The van der Waals surface area contributed by atoms with Gasteiger partial charge in [-0.1, -0.05) is 0 Å². The third kappa shape index (κ3) is 4.99. The van der Waals surface area contributed by atoms with E-state index in [2.05, 4.69) is 9.47 Å². The van der Waals surface area contributed by atoms with Crippen LogP contribution in [0.2, 0.25) is 0 Å². The van der Waals surface area contributed by atoms with Gasteiger partial charge >= 0.3 is 17.9 Å². The molecule has 2 atom stereocenters. The molecule has 0 aliphatic rings. The second-order valence-corrected chi connectivity index (χ2v) is 2.87. The Bertz CT molecular complexity index is 259. The van der Waals surface area contributed by atoms with Crippen LogP contribution in [0.4, 0.5) is 0 Å². The van der Waals surface area contributed by atoms with Gasteiger partial charge in [-0.2, -0.15) is 0 Å². The van der Waals surface area contributed by atoms with Gasteiger partial charge in [0.2, 0.25) is 6.10 Å². The maximum atomic E-state index is 11.2. The van der Waals surface area contributed by atoms with Crippen LogP contribution >= 0.6 is 0 Å². The Balaban J connectivity index is 4.53. The van der Waals surface area contributed by atoms with E-state index in [1.165, 1.54) is 13.8 Å². The molecule has 0 aromatic carbocycles. The van der Waals surface area contributed by atoms with Crippen LogP contribution in [-0.4, -0.2) is 37.2 Å². The van der Waals surface area contributed by atoms with E-state index in [4.69, 9.17) is 4.74 Å². The molecule has 0 aliphatic heterocycles. The number of esters is 3. The smallest absolute Gasteiger partial charge is 0.351 e. The van der Waals surface area contributed by atoms with Gasteiger partial charge in [0.15, 0.2) is 0 Å². The molecule has 0 amide bonds. The number of hydrogen-bond donors (Lipinski definition) is 0. The topological polar surface area (TPSA) is 78.9 Å². The Morgan fingerprint density at radius 3 is 1.80 bits per heavy atom. The van der Waals surface area contributed by atoms with Crippen molar-refractivity contribution in [3.8, 4) is 0 Å². The van der Waals surface area contributed by atoms with Gasteiger partial charge in [-0.05, 0) is 6.92 Å². The van der Waals surface area contributed by atoms with E-state index >= 15 is 0 Å². The van der Waals surface area contributed by atoms with Crippen LogP contribution in [0.3, 0.4) is 0 Å². The normalized spacial score (nSPS) is 13.6. The first-order valence-corrected chi connectivity index (χ1v) is 4.30. The summed E-state index contributed by atoms with van der Waals surface area (Å²) in [6.45, 7) is 3.78. The predicted octanol–water partition coefficient (Wildman–Crippen LogP) is 0.0427. The summed E-state index contributed by atoms with van der Waals surface area (Å²) in [5, 5.41) is 0. The molecule has 6 heteroatoms. The van der Waals surface area contributed by atoms with Gasteiger partial charge in [-0.25, -0.2) is 4.79 Å². The lowest BCUT2D eigenvalue weighted by atomic mass is 10.2. The van der Waals surface area contributed by atoms with Crippen molar-refractivity contribution in [3.63, 3.8) is 0 Å². The number of carbonyl (C=O) groups is 3. The van der Waals surface area contributed by atoms with Crippen LogP contribution in [0.5, 0.6) is 0 Å². The Kier molecular flexibility index (Phi) is 5.36. The van der Waals surface area contributed by atoms with Crippen LogP contribution in [0.1, 0.15) is 20.8 Å². The van der Waals surface area contributed by atoms with Crippen molar-refractivity contribution >= 4 is 17.9 Å². The molecule has 0 aromatic heterocycles. The molecule has 0 N–H and O–H groups in total. The van der Waals surface area contributed by atoms with E-state index in [1.54, 1.807) is 0 Å². The molecule has 86 valence electrons. The van der Waals surface area contributed by atoms with Crippen LogP contribution in [-0.2, 0) is 28.6 Å². The maximum Gasteiger partial charge on any atom is 0.351 e. The molecule has 15 heavy (non-hydrogen) atoms. The van der Waals surface area contributed by atoms with Gasteiger partial charge in [-0.15, -0.1) is 0 Å². The summed E-state index contributed by atoms with van der Waals surface area (Å²) in [5.74, 6) is -1.98. The molecular formula is C9H14O6. The van der Waals surface area contributed by atoms with Crippen molar-refractivity contribution in [2.75, 3.05) is 7.11 Å². The van der Waals surface area contributed by atoms with Crippen molar-refractivity contribution < 1.29 is 28.6 Å². The highest BCUT2D eigenvalue weighted by atomic mass is 16.6. The van der Waals surface area contributed by atoms with Gasteiger partial charge in [0.25, 0.3) is 0 Å². The SMILES string of the molecule is COC(=O)[C@H](OC(C)=O)[C@H](C)OC(C)=O. The Morgan fingerprint density at radius 1 is 1.00 bits per heavy atom. The molecule has 0 saturated heterocycles. The molecular weight excluding hydrogens is 204 g/mol. The summed E-state index contributed by atoms with van der Waals surface area (Å²) >= 11 is 0. The first-order chi connectivity index (χ1) is 6.88. The fourth-order valence-electron chi connectivity index (χ4n) is 0.954. The van der Waals surface area contributed by atoms with Gasteiger partial charge in [0, 0.05) is 13.8 Å². The van der Waals surface area contributed by atoms with Gasteiger partial charge < -0.3 is 14.2 Å². The van der Waals surface area contributed by atoms with Gasteiger partial charge in [0.05, 0.1) is 7.11 Å². The first-order valence-electron chi connectivity index (χ1n) is 4.30. The molecule has 0 spiro atoms. The lowest BCUT2D eigenvalue weighted by Gasteiger charge is -2.20. The van der Waals surface area contributed by atoms with Crippen molar-refractivity contribution in [1.82, 2.24) is 0 Å². The van der Waals surface area contributed by atoms with Crippen molar-refractivity contribution in [2.45, 2.75) is 33.0 Å². The van der Waals surface area contributed by atoms with Crippen LogP contribution in [0.15, 0.2) is 0 Å². The van der Waals surface area contributed by atoms with Crippen molar-refractivity contribution in [2.24, 2.45) is 0 Å². The van der Waals surface area contributed by atoms with Gasteiger partial charge in [-0.3, -0.25) is 9.59 Å². The Labute approximate surface area is 87.5 Å². The Hall–Kier alpha value is -1.59. The maximum absolute atomic E-state index is 11.2. The molecule has 0 heterocycles. The van der Waals surface area contributed by atoms with Crippen molar-refractivity contribution in [3.05, 3.63) is 0 Å². The lowest BCUT2D eigenvalue weighted by molar-refractivity contribution is -0.178. The standard InChI is InChI=1S/C9H14O6/c1-5(14-6(2)10)8(9(12)13-4)15-7(3)11/h5,8H,1-4H3/t5-,8+/m0/s1. The van der Waals surface area contributed by atoms with E-state index in [9.17, 15) is 14.4 Å². The van der Waals surface area contributed by atoms with E-state index in [0.29, 0.717) is 0 Å². The van der Waals surface area contributed by atoms with E-state index in [0.717, 1.165) is 14.0 Å². The average molecular weight is 218 g/mol. The minimum absolute atomic E-state index is 0.566. The molecule has 0 unspecified atom stereocenters. The lowest BCUT2D eigenvalue weighted by Crippen LogP contribution is -2.39. The minimum Gasteiger partial charge on any atom is -0.466 e. The van der Waals surface area contributed by atoms with Crippen LogP contribution in [0.25, 0.3) is 0 Å². The monoisotopic (exact) mass is 218 g/mol. The predicted molar refractivity (Wildman–Crippen MR) is 48.8 cm³/mol. The summed E-state index contributed by atoms with van der Waals surface area (Å²) in [5.41, 5.74) is 0. The quantitative estimate of drug-likeness (QED) is 0.489. The van der Waals surface area contributed by atoms with E-state index < -0.39 is 30.1 Å². The number of ether oxygens (including phenoxy) is 3. The Morgan fingerprint density at radius 2 is 1.47 bits per heavy atom. The minimum atomic E-state index is -1.23. The highest BCUT2D eigenvalue weighted by Gasteiger charge is 2.31. The highest BCUT2D eigenvalue weighted by Crippen LogP contribution is 2.06. The zero-order valence-corrected chi connectivity index (χ0v) is 9.10. The largest absolute Gasteiger partial charge is 0.466 e. The number of carbonyl (C=O) groups excluding carboxylic acids is 3. The summed E-state index contributed by atoms with van der Waals surface area (Å²) in [4.78, 5) is 32.5. The molecule has 0 aromatic rings. The van der Waals surface area contributed by atoms with Crippen LogP contribution in [0, 0.1) is 0 Å². The van der Waals surface area contributed by atoms with Gasteiger partial charge in [0.1, 0.15) is 6.10 Å². The molecule has 0 fully saturated rings. The number of methoxy groups -OCH3 is 1. The molecule has 0 rings (SSSR count). The molecule has 6 nitrogen and oxygen atoms in total. The molecule has 0 aliphatic carbocycles. The van der Waals surface area contributed by atoms with E-state index in [1.807, 2.05) is 0 Å². The average Bonchev–Trinajstić information content (AvgIpc) is 2.11. The highest BCUT2D eigenvalue weighted by molar-refractivity contribution is 5.79. The molecule has 0 saturated carbocycles. The molecule has 0 radical (unpaired) electrons. The first kappa shape index (κ1) is 13.4. The number of rotatable bonds is 4. The van der Waals surface area contributed by atoms with E-state index in [-0.39, 0.29) is 0 Å². The number of hydrogen-bond acceptors (Lipinski definition) is 6. The zero-order chi connectivity index (χ0) is 12.0.